The van der Waals surface area contributed by atoms with E-state index in [1.165, 1.54) is 0 Å². The van der Waals surface area contributed by atoms with E-state index in [4.69, 9.17) is 0 Å². The van der Waals surface area contributed by atoms with Crippen molar-refractivity contribution in [3.8, 4) is 0 Å². The third-order valence-corrected chi connectivity index (χ3v) is 4.79. The number of carbonyl (C=O) groups is 2. The molecule has 0 aliphatic carbocycles. The number of aromatic nitrogens is 2. The van der Waals surface area contributed by atoms with Gasteiger partial charge in [-0.2, -0.15) is 0 Å². The van der Waals surface area contributed by atoms with Gasteiger partial charge in [0.15, 0.2) is 13.1 Å². The first-order chi connectivity index (χ1) is 12.0. The number of hydrogen-bond donors (Lipinski definition) is 0. The van der Waals surface area contributed by atoms with Crippen LogP contribution in [0.25, 0.3) is 0 Å². The van der Waals surface area contributed by atoms with Crippen molar-refractivity contribution in [2.75, 3.05) is 0 Å². The highest BCUT2D eigenvalue weighted by atomic mass is 79.9. The number of nitrogens with zero attached hydrogens (tertiary/aromatic N) is 2. The molecule has 0 unspecified atom stereocenters. The van der Waals surface area contributed by atoms with Gasteiger partial charge < -0.3 is 17.0 Å². The van der Waals surface area contributed by atoms with Gasteiger partial charge >= 0.3 is 0 Å². The van der Waals surface area contributed by atoms with E-state index in [9.17, 15) is 9.59 Å². The molecule has 0 spiro atoms. The van der Waals surface area contributed by atoms with Crippen LogP contribution in [0.15, 0.2) is 76.2 Å². The molecule has 0 aliphatic heterocycles. The van der Waals surface area contributed by atoms with E-state index in [0.29, 0.717) is 11.1 Å². The van der Waals surface area contributed by atoms with Crippen LogP contribution < -0.4 is 21.5 Å². The molecule has 134 valence electrons. The Labute approximate surface area is 178 Å². The Morgan fingerprint density at radius 2 is 1.35 bits per heavy atom. The van der Waals surface area contributed by atoms with E-state index in [1.54, 1.807) is 52.1 Å². The second-order valence-electron chi connectivity index (χ2n) is 5.62. The average molecular weight is 543 g/mol. The highest BCUT2D eigenvalue weighted by molar-refractivity contribution is 9.10. The highest BCUT2D eigenvalue weighted by Gasteiger charge is 2.14. The predicted octanol–water partition coefficient (Wildman–Crippen LogP) is 1.07. The van der Waals surface area contributed by atoms with Crippen LogP contribution in [0.5, 0.6) is 0 Å². The molecule has 0 atom stereocenters. The lowest BCUT2D eigenvalue weighted by Gasteiger charge is -2.00. The van der Waals surface area contributed by atoms with Gasteiger partial charge in [-0.25, -0.2) is 9.13 Å². The summed E-state index contributed by atoms with van der Waals surface area (Å²) in [5, 5.41) is 0. The van der Waals surface area contributed by atoms with Crippen molar-refractivity contribution >= 4 is 43.4 Å². The van der Waals surface area contributed by atoms with Crippen molar-refractivity contribution in [1.29, 1.82) is 0 Å². The van der Waals surface area contributed by atoms with Gasteiger partial charge in [0.2, 0.25) is 17.9 Å². The summed E-state index contributed by atoms with van der Waals surface area (Å²) < 4.78 is 5.43. The summed E-state index contributed by atoms with van der Waals surface area (Å²) in [6.07, 6.45) is 5.37. The van der Waals surface area contributed by atoms with E-state index in [0.717, 1.165) is 8.95 Å². The van der Waals surface area contributed by atoms with Gasteiger partial charge in [-0.05, 0) is 24.3 Å². The van der Waals surface area contributed by atoms with Crippen molar-refractivity contribution in [2.45, 2.75) is 13.1 Å². The summed E-state index contributed by atoms with van der Waals surface area (Å²) >= 11 is 6.71. The SMILES string of the molecule is O=C(Cn1cc[n+](CC(=O)c2ccc(Br)cc2)c1)c1ccc(Br)cc1.[Br-]. The normalized spacial score (nSPS) is 10.2. The highest BCUT2D eigenvalue weighted by Crippen LogP contribution is 2.12. The molecule has 2 aromatic carbocycles. The first kappa shape index (κ1) is 20.7. The Balaban J connectivity index is 0.00000243. The van der Waals surface area contributed by atoms with Crippen molar-refractivity contribution < 1.29 is 31.1 Å². The van der Waals surface area contributed by atoms with Crippen molar-refractivity contribution in [3.63, 3.8) is 0 Å². The van der Waals surface area contributed by atoms with Crippen LogP contribution in [0.4, 0.5) is 0 Å². The Hall–Kier alpha value is -1.57. The number of rotatable bonds is 6. The van der Waals surface area contributed by atoms with Crippen LogP contribution in [0.3, 0.4) is 0 Å². The van der Waals surface area contributed by atoms with Crippen LogP contribution in [0.1, 0.15) is 20.7 Å². The number of Topliss-reactive ketones (excluding diaryl/α,β-unsaturated/α-hetero) is 2. The molecule has 0 bridgehead atoms. The molecule has 26 heavy (non-hydrogen) atoms. The zero-order chi connectivity index (χ0) is 17.8. The Morgan fingerprint density at radius 1 is 0.846 bits per heavy atom. The fraction of sp³-hybridized carbons (Fsp3) is 0.105. The smallest absolute Gasteiger partial charge is 0.244 e. The number of imidazole rings is 1. The third-order valence-electron chi connectivity index (χ3n) is 3.73. The zero-order valence-electron chi connectivity index (χ0n) is 13.6. The predicted molar refractivity (Wildman–Crippen MR) is 102 cm³/mol. The second-order valence-corrected chi connectivity index (χ2v) is 7.45. The van der Waals surface area contributed by atoms with Crippen LogP contribution in [-0.4, -0.2) is 16.1 Å². The Bertz CT molecular complexity index is 829. The first-order valence-corrected chi connectivity index (χ1v) is 9.22. The molecule has 4 nitrogen and oxygen atoms in total. The first-order valence-electron chi connectivity index (χ1n) is 7.63. The summed E-state index contributed by atoms with van der Waals surface area (Å²) in [5.74, 6) is 0.0453. The summed E-state index contributed by atoms with van der Waals surface area (Å²) in [6, 6.07) is 14.6. The maximum atomic E-state index is 12.3. The number of ketones is 2. The quantitative estimate of drug-likeness (QED) is 0.345. The molecule has 3 aromatic rings. The van der Waals surface area contributed by atoms with E-state index in [-0.39, 0.29) is 41.6 Å². The number of carbonyl (C=O) groups excluding carboxylic acids is 2. The second kappa shape index (κ2) is 9.39. The van der Waals surface area contributed by atoms with E-state index in [2.05, 4.69) is 31.9 Å². The number of benzene rings is 2. The molecule has 0 amide bonds. The minimum absolute atomic E-state index is 0. The standard InChI is InChI=1S/C19H15Br2N2O2.BrH/c20-16-5-1-14(2-6-16)18(24)11-22-9-10-23(13-22)12-19(25)15-3-7-17(21)8-4-15;/h1-10,13H,11-12H2;1H/q+1;/p-1. The third kappa shape index (κ3) is 5.46. The van der Waals surface area contributed by atoms with Gasteiger partial charge in [0.05, 0.1) is 0 Å². The van der Waals surface area contributed by atoms with Crippen LogP contribution in [-0.2, 0) is 13.1 Å². The fourth-order valence-electron chi connectivity index (χ4n) is 2.41. The largest absolute Gasteiger partial charge is 1.00 e. The molecule has 0 fully saturated rings. The van der Waals surface area contributed by atoms with Crippen LogP contribution in [0, 0.1) is 0 Å². The molecular formula is C19H15Br3N2O2. The van der Waals surface area contributed by atoms with Crippen molar-refractivity contribution in [2.24, 2.45) is 0 Å². The lowest BCUT2D eigenvalue weighted by molar-refractivity contribution is -0.682. The van der Waals surface area contributed by atoms with Gasteiger partial charge in [-0.15, -0.1) is 0 Å². The average Bonchev–Trinajstić information content (AvgIpc) is 3.02. The van der Waals surface area contributed by atoms with Gasteiger partial charge in [0.25, 0.3) is 0 Å². The molecule has 0 saturated heterocycles. The molecule has 0 N–H and O–H groups in total. The molecule has 0 radical (unpaired) electrons. The zero-order valence-corrected chi connectivity index (χ0v) is 18.4. The van der Waals surface area contributed by atoms with E-state index in [1.807, 2.05) is 24.3 Å². The van der Waals surface area contributed by atoms with E-state index < -0.39 is 0 Å². The maximum absolute atomic E-state index is 12.3. The Kier molecular flexibility index (Phi) is 7.49. The van der Waals surface area contributed by atoms with Gasteiger partial charge in [-0.3, -0.25) is 9.59 Å². The topological polar surface area (TPSA) is 43.0 Å². The summed E-state index contributed by atoms with van der Waals surface area (Å²) in [4.78, 5) is 24.6. The summed E-state index contributed by atoms with van der Waals surface area (Å²) in [7, 11) is 0. The maximum Gasteiger partial charge on any atom is 0.244 e. The number of halogens is 3. The summed E-state index contributed by atoms with van der Waals surface area (Å²) in [6.45, 7) is 0.474. The number of hydrogen-bond acceptors (Lipinski definition) is 2. The fourth-order valence-corrected chi connectivity index (χ4v) is 2.94. The molecule has 7 heteroatoms. The van der Waals surface area contributed by atoms with Gasteiger partial charge in [0, 0.05) is 20.1 Å². The van der Waals surface area contributed by atoms with Crippen molar-refractivity contribution in [1.82, 2.24) is 4.57 Å². The minimum atomic E-state index is 0. The summed E-state index contributed by atoms with van der Waals surface area (Å²) in [5.41, 5.74) is 1.32. The lowest BCUT2D eigenvalue weighted by atomic mass is 10.1. The monoisotopic (exact) mass is 540 g/mol. The molecule has 1 heterocycles. The lowest BCUT2D eigenvalue weighted by Crippen LogP contribution is -3.00. The minimum Gasteiger partial charge on any atom is -1.00 e. The molecular weight excluding hydrogens is 528 g/mol. The van der Waals surface area contributed by atoms with E-state index >= 15 is 0 Å². The molecule has 1 aromatic heterocycles. The van der Waals surface area contributed by atoms with Gasteiger partial charge in [-0.1, -0.05) is 56.1 Å². The molecule has 0 saturated carbocycles. The van der Waals surface area contributed by atoms with Crippen molar-refractivity contribution in [3.05, 3.63) is 87.3 Å². The molecule has 0 aliphatic rings. The molecule has 3 rings (SSSR count). The Morgan fingerprint density at radius 3 is 1.88 bits per heavy atom. The van der Waals surface area contributed by atoms with Crippen LogP contribution >= 0.6 is 31.9 Å². The van der Waals surface area contributed by atoms with Gasteiger partial charge in [0.1, 0.15) is 12.4 Å². The van der Waals surface area contributed by atoms with Crippen LogP contribution in [0.2, 0.25) is 0 Å².